The number of aliphatic carboxylic acids is 1. The van der Waals surface area contributed by atoms with Crippen LogP contribution in [-0.4, -0.2) is 17.0 Å². The van der Waals surface area contributed by atoms with E-state index in [1.165, 1.54) is 11.3 Å². The van der Waals surface area contributed by atoms with Gasteiger partial charge in [0.05, 0.1) is 5.69 Å². The molecule has 0 saturated heterocycles. The zero-order valence-electron chi connectivity index (χ0n) is 7.56. The Balaban J connectivity index is 2.37. The number of hydrogen-bond donors (Lipinski definition) is 2. The van der Waals surface area contributed by atoms with Gasteiger partial charge in [0, 0.05) is 15.5 Å². The largest absolute Gasteiger partial charge is 0.474 e. The highest BCUT2D eigenvalue weighted by Crippen LogP contribution is 2.29. The second-order valence-corrected chi connectivity index (χ2v) is 3.82. The summed E-state index contributed by atoms with van der Waals surface area (Å²) in [7, 11) is 0. The lowest BCUT2D eigenvalue weighted by Crippen LogP contribution is -2.21. The van der Waals surface area contributed by atoms with Crippen LogP contribution >= 0.6 is 11.3 Å². The number of carboxylic acids is 1. The third kappa shape index (κ3) is 1.82. The van der Waals surface area contributed by atoms with E-state index in [1.807, 2.05) is 24.3 Å². The zero-order chi connectivity index (χ0) is 10.8. The first-order valence-electron chi connectivity index (χ1n) is 4.19. The van der Waals surface area contributed by atoms with Gasteiger partial charge < -0.3 is 10.4 Å². The van der Waals surface area contributed by atoms with E-state index in [1.54, 1.807) is 5.38 Å². The Bertz CT molecular complexity index is 532. The number of carboxylic acid groups (broad SMARTS) is 1. The summed E-state index contributed by atoms with van der Waals surface area (Å²) in [6.45, 7) is 0. The lowest BCUT2D eigenvalue weighted by molar-refractivity contribution is -0.147. The number of carbonyl (C=O) groups excluding carboxylic acids is 1. The van der Waals surface area contributed by atoms with Crippen LogP contribution < -0.4 is 5.32 Å². The molecule has 0 radical (unpaired) electrons. The monoisotopic (exact) mass is 221 g/mol. The number of nitrogens with one attached hydrogen (secondary N) is 1. The number of amides is 1. The van der Waals surface area contributed by atoms with E-state index < -0.39 is 11.9 Å². The molecule has 2 N–H and O–H groups in total. The van der Waals surface area contributed by atoms with E-state index in [0.29, 0.717) is 5.69 Å². The van der Waals surface area contributed by atoms with Gasteiger partial charge in [-0.2, -0.15) is 0 Å². The SMILES string of the molecule is O=C(O)C(=O)Nc1csc2ccccc12. The van der Waals surface area contributed by atoms with Crippen molar-refractivity contribution in [3.05, 3.63) is 29.6 Å². The van der Waals surface area contributed by atoms with Crippen molar-refractivity contribution in [2.24, 2.45) is 0 Å². The first-order valence-corrected chi connectivity index (χ1v) is 5.07. The first-order chi connectivity index (χ1) is 7.18. The fourth-order valence-corrected chi connectivity index (χ4v) is 2.14. The topological polar surface area (TPSA) is 66.4 Å². The molecule has 15 heavy (non-hydrogen) atoms. The van der Waals surface area contributed by atoms with Crippen LogP contribution in [0.5, 0.6) is 0 Å². The summed E-state index contributed by atoms with van der Waals surface area (Å²) in [5.41, 5.74) is 0.544. The van der Waals surface area contributed by atoms with Crippen molar-refractivity contribution in [1.29, 1.82) is 0 Å². The number of hydrogen-bond acceptors (Lipinski definition) is 3. The predicted molar refractivity (Wildman–Crippen MR) is 58.1 cm³/mol. The number of fused-ring (bicyclic) bond motifs is 1. The quantitative estimate of drug-likeness (QED) is 0.723. The third-order valence-electron chi connectivity index (χ3n) is 1.92. The van der Waals surface area contributed by atoms with E-state index in [0.717, 1.165) is 10.1 Å². The molecular weight excluding hydrogens is 214 g/mol. The Hall–Kier alpha value is -1.88. The summed E-state index contributed by atoms with van der Waals surface area (Å²) in [5, 5.41) is 13.4. The highest BCUT2D eigenvalue weighted by Gasteiger charge is 2.13. The van der Waals surface area contributed by atoms with Crippen LogP contribution in [0.4, 0.5) is 5.69 Å². The summed E-state index contributed by atoms with van der Waals surface area (Å²) >= 11 is 1.46. The second-order valence-electron chi connectivity index (χ2n) is 2.90. The minimum absolute atomic E-state index is 0.544. The van der Waals surface area contributed by atoms with Crippen molar-refractivity contribution < 1.29 is 14.7 Å². The lowest BCUT2D eigenvalue weighted by Gasteiger charge is -1.98. The van der Waals surface area contributed by atoms with Gasteiger partial charge in [0.2, 0.25) is 0 Å². The molecule has 1 amide bonds. The molecule has 0 spiro atoms. The summed E-state index contributed by atoms with van der Waals surface area (Å²) in [4.78, 5) is 21.3. The van der Waals surface area contributed by atoms with Crippen molar-refractivity contribution >= 4 is 39.0 Å². The van der Waals surface area contributed by atoms with E-state index in [4.69, 9.17) is 5.11 Å². The molecule has 0 aliphatic carbocycles. The van der Waals surface area contributed by atoms with Crippen LogP contribution in [0, 0.1) is 0 Å². The Labute approximate surface area is 89.2 Å². The highest BCUT2D eigenvalue weighted by atomic mass is 32.1. The number of carbonyl (C=O) groups is 2. The van der Waals surface area contributed by atoms with Gasteiger partial charge in [0.25, 0.3) is 0 Å². The lowest BCUT2D eigenvalue weighted by atomic mass is 10.2. The Kier molecular flexibility index (Phi) is 2.39. The van der Waals surface area contributed by atoms with E-state index in [9.17, 15) is 9.59 Å². The number of anilines is 1. The van der Waals surface area contributed by atoms with Gasteiger partial charge in [-0.15, -0.1) is 11.3 Å². The summed E-state index contributed by atoms with van der Waals surface area (Å²) in [6.07, 6.45) is 0. The highest BCUT2D eigenvalue weighted by molar-refractivity contribution is 7.17. The molecule has 1 heterocycles. The second kappa shape index (κ2) is 3.70. The number of benzene rings is 1. The maximum Gasteiger partial charge on any atom is 0.394 e. The van der Waals surface area contributed by atoms with Gasteiger partial charge in [-0.25, -0.2) is 4.79 Å². The zero-order valence-corrected chi connectivity index (χ0v) is 8.38. The normalized spacial score (nSPS) is 10.1. The molecule has 1 aromatic heterocycles. The third-order valence-corrected chi connectivity index (χ3v) is 2.89. The molecule has 0 saturated carbocycles. The van der Waals surface area contributed by atoms with E-state index in [-0.39, 0.29) is 0 Å². The van der Waals surface area contributed by atoms with Crippen molar-refractivity contribution in [1.82, 2.24) is 0 Å². The molecule has 0 bridgehead atoms. The van der Waals surface area contributed by atoms with Gasteiger partial charge in [-0.1, -0.05) is 18.2 Å². The molecule has 0 atom stereocenters. The van der Waals surface area contributed by atoms with Gasteiger partial charge in [-0.05, 0) is 6.07 Å². The van der Waals surface area contributed by atoms with Gasteiger partial charge in [-0.3, -0.25) is 4.79 Å². The molecule has 0 aliphatic heterocycles. The first kappa shape index (κ1) is 9.67. The van der Waals surface area contributed by atoms with Crippen LogP contribution in [0.25, 0.3) is 10.1 Å². The summed E-state index contributed by atoms with van der Waals surface area (Å²) in [5.74, 6) is -2.50. The van der Waals surface area contributed by atoms with Gasteiger partial charge in [0.1, 0.15) is 0 Å². The molecule has 0 fully saturated rings. The van der Waals surface area contributed by atoms with Crippen molar-refractivity contribution in [2.75, 3.05) is 5.32 Å². The molecule has 2 aromatic rings. The standard InChI is InChI=1S/C10H7NO3S/c12-9(10(13)14)11-7-5-15-8-4-2-1-3-6(7)8/h1-5H,(H,11,12)(H,13,14). The number of rotatable bonds is 1. The van der Waals surface area contributed by atoms with Crippen LogP contribution in [0.1, 0.15) is 0 Å². The van der Waals surface area contributed by atoms with Crippen LogP contribution in [0.3, 0.4) is 0 Å². The van der Waals surface area contributed by atoms with Crippen molar-refractivity contribution in [3.8, 4) is 0 Å². The Morgan fingerprint density at radius 1 is 1.27 bits per heavy atom. The molecular formula is C10H7NO3S. The van der Waals surface area contributed by atoms with Crippen molar-refractivity contribution in [2.45, 2.75) is 0 Å². The van der Waals surface area contributed by atoms with E-state index >= 15 is 0 Å². The average Bonchev–Trinajstić information content (AvgIpc) is 2.62. The van der Waals surface area contributed by atoms with Gasteiger partial charge >= 0.3 is 11.9 Å². The maximum absolute atomic E-state index is 10.9. The summed E-state index contributed by atoms with van der Waals surface area (Å²) < 4.78 is 1.01. The minimum atomic E-state index is -1.48. The Morgan fingerprint density at radius 2 is 2.00 bits per heavy atom. The molecule has 2 rings (SSSR count). The summed E-state index contributed by atoms with van der Waals surface area (Å²) in [6, 6.07) is 7.48. The fourth-order valence-electron chi connectivity index (χ4n) is 1.25. The van der Waals surface area contributed by atoms with Crippen LogP contribution in [-0.2, 0) is 9.59 Å². The van der Waals surface area contributed by atoms with Crippen LogP contribution in [0.2, 0.25) is 0 Å². The molecule has 5 heteroatoms. The molecule has 0 aliphatic rings. The number of thiophene rings is 1. The van der Waals surface area contributed by atoms with Gasteiger partial charge in [0.15, 0.2) is 0 Å². The average molecular weight is 221 g/mol. The minimum Gasteiger partial charge on any atom is -0.474 e. The maximum atomic E-state index is 10.9. The molecule has 76 valence electrons. The molecule has 4 nitrogen and oxygen atoms in total. The molecule has 1 aromatic carbocycles. The fraction of sp³-hybridized carbons (Fsp3) is 0. The molecule has 0 unspecified atom stereocenters. The van der Waals surface area contributed by atoms with E-state index in [2.05, 4.69) is 5.32 Å². The van der Waals surface area contributed by atoms with Crippen molar-refractivity contribution in [3.63, 3.8) is 0 Å². The Morgan fingerprint density at radius 3 is 2.73 bits per heavy atom. The smallest absolute Gasteiger partial charge is 0.394 e. The predicted octanol–water partition coefficient (Wildman–Crippen LogP) is 1.92. The van der Waals surface area contributed by atoms with Crippen LogP contribution in [0.15, 0.2) is 29.6 Å².